The van der Waals surface area contributed by atoms with Crippen molar-refractivity contribution in [2.24, 2.45) is 5.84 Å². The number of aromatic nitrogens is 2. The molecule has 2 heterocycles. The first-order valence-corrected chi connectivity index (χ1v) is 6.28. The second kappa shape index (κ2) is 5.14. The number of hydrogen-bond donors (Lipinski definition) is 2. The number of nitrogen functional groups attached to an aromatic ring is 1. The summed E-state index contributed by atoms with van der Waals surface area (Å²) in [6, 6.07) is 14.9. The van der Waals surface area contributed by atoms with Gasteiger partial charge in [0, 0.05) is 23.2 Å². The van der Waals surface area contributed by atoms with Gasteiger partial charge < -0.3 is 9.99 Å². The topological polar surface area (TPSA) is 72.9 Å². The molecule has 0 aliphatic heterocycles. The molecule has 5 nitrogen and oxygen atoms in total. The first-order chi connectivity index (χ1) is 9.78. The summed E-state index contributed by atoms with van der Waals surface area (Å²) in [4.78, 5) is 16.2. The normalized spacial score (nSPS) is 10.7. The van der Waals surface area contributed by atoms with Crippen molar-refractivity contribution in [3.63, 3.8) is 0 Å². The summed E-state index contributed by atoms with van der Waals surface area (Å²) < 4.78 is 1.62. The monoisotopic (exact) mass is 266 g/mol. The lowest BCUT2D eigenvalue weighted by Crippen LogP contribution is -2.20. The van der Waals surface area contributed by atoms with Gasteiger partial charge in [0.1, 0.15) is 5.82 Å². The van der Waals surface area contributed by atoms with Gasteiger partial charge in [0.25, 0.3) is 5.56 Å². The third-order valence-corrected chi connectivity index (χ3v) is 3.18. The fourth-order valence-corrected chi connectivity index (χ4v) is 2.18. The lowest BCUT2D eigenvalue weighted by Gasteiger charge is -2.11. The molecule has 0 amide bonds. The van der Waals surface area contributed by atoms with Crippen molar-refractivity contribution >= 4 is 16.7 Å². The average Bonchev–Trinajstić information content (AvgIpc) is 2.49. The van der Waals surface area contributed by atoms with Crippen LogP contribution in [0, 0.1) is 0 Å². The number of nitrogens with zero attached hydrogens (tertiary/aromatic N) is 2. The van der Waals surface area contributed by atoms with E-state index in [9.17, 15) is 4.79 Å². The Labute approximate surface area is 115 Å². The molecule has 0 saturated heterocycles. The summed E-state index contributed by atoms with van der Waals surface area (Å²) in [6.45, 7) is 0.428. The van der Waals surface area contributed by atoms with Crippen LogP contribution >= 0.6 is 0 Å². The van der Waals surface area contributed by atoms with Gasteiger partial charge >= 0.3 is 0 Å². The lowest BCUT2D eigenvalue weighted by atomic mass is 10.1. The van der Waals surface area contributed by atoms with Gasteiger partial charge in [-0.1, -0.05) is 24.3 Å². The number of nitrogens with two attached hydrogens (primary N) is 1. The Morgan fingerprint density at radius 2 is 1.95 bits per heavy atom. The van der Waals surface area contributed by atoms with Crippen LogP contribution in [0.4, 0.5) is 5.82 Å². The second-order valence-corrected chi connectivity index (χ2v) is 4.50. The van der Waals surface area contributed by atoms with Crippen molar-refractivity contribution in [2.75, 3.05) is 5.43 Å². The van der Waals surface area contributed by atoms with Crippen LogP contribution in [0.3, 0.4) is 0 Å². The van der Waals surface area contributed by atoms with E-state index in [0.29, 0.717) is 12.4 Å². The number of benzene rings is 1. The highest BCUT2D eigenvalue weighted by Crippen LogP contribution is 2.20. The van der Waals surface area contributed by atoms with Crippen LogP contribution in [0.15, 0.2) is 59.5 Å². The van der Waals surface area contributed by atoms with E-state index in [0.717, 1.165) is 16.5 Å². The molecule has 2 aromatic heterocycles. The predicted octanol–water partition coefficient (Wildman–Crippen LogP) is 1.73. The van der Waals surface area contributed by atoms with E-state index in [1.807, 2.05) is 36.4 Å². The number of hydrazine groups is 1. The summed E-state index contributed by atoms with van der Waals surface area (Å²) in [5, 5.41) is 1.02. The molecule has 0 aliphatic rings. The van der Waals surface area contributed by atoms with Gasteiger partial charge in [-0.15, -0.1) is 0 Å². The van der Waals surface area contributed by atoms with Crippen LogP contribution in [0.1, 0.15) is 5.56 Å². The maximum absolute atomic E-state index is 11.8. The van der Waals surface area contributed by atoms with E-state index in [4.69, 9.17) is 5.84 Å². The minimum absolute atomic E-state index is 0.0522. The molecule has 100 valence electrons. The Hall–Kier alpha value is -2.66. The van der Waals surface area contributed by atoms with Crippen molar-refractivity contribution < 1.29 is 0 Å². The van der Waals surface area contributed by atoms with Gasteiger partial charge in [0.05, 0.1) is 12.1 Å². The fraction of sp³-hybridized carbons (Fsp3) is 0.0667. The number of rotatable bonds is 3. The van der Waals surface area contributed by atoms with Crippen molar-refractivity contribution in [2.45, 2.75) is 6.54 Å². The Balaban J connectivity index is 2.10. The predicted molar refractivity (Wildman–Crippen MR) is 79.4 cm³/mol. The highest BCUT2D eigenvalue weighted by molar-refractivity contribution is 5.81. The third-order valence-electron chi connectivity index (χ3n) is 3.18. The molecule has 1 aromatic carbocycles. The summed E-state index contributed by atoms with van der Waals surface area (Å²) in [5.74, 6) is 6.12. The van der Waals surface area contributed by atoms with E-state index in [1.54, 1.807) is 16.8 Å². The van der Waals surface area contributed by atoms with Crippen LogP contribution in [-0.2, 0) is 6.54 Å². The van der Waals surface area contributed by atoms with Gasteiger partial charge in [-0.05, 0) is 18.2 Å². The highest BCUT2D eigenvalue weighted by atomic mass is 16.1. The van der Waals surface area contributed by atoms with Crippen molar-refractivity contribution in [3.05, 3.63) is 70.6 Å². The van der Waals surface area contributed by atoms with Gasteiger partial charge in [-0.25, -0.2) is 10.8 Å². The Morgan fingerprint density at radius 3 is 2.75 bits per heavy atom. The minimum atomic E-state index is -0.0522. The lowest BCUT2D eigenvalue weighted by molar-refractivity contribution is 0.758. The van der Waals surface area contributed by atoms with E-state index >= 15 is 0 Å². The standard InChI is InChI=1S/C15H14N4O/c16-18-15-12(10-19-8-4-3-7-14(19)20)9-11-5-1-2-6-13(11)17-15/h1-9H,10,16H2,(H,17,18). The molecule has 3 aromatic rings. The van der Waals surface area contributed by atoms with Crippen molar-refractivity contribution in [3.8, 4) is 0 Å². The second-order valence-electron chi connectivity index (χ2n) is 4.50. The zero-order valence-electron chi connectivity index (χ0n) is 10.8. The first-order valence-electron chi connectivity index (χ1n) is 6.28. The number of fused-ring (bicyclic) bond motifs is 1. The molecule has 0 unspecified atom stereocenters. The third kappa shape index (κ3) is 2.26. The Bertz CT molecular complexity index is 810. The summed E-state index contributed by atoms with van der Waals surface area (Å²) in [5.41, 5.74) is 4.29. The molecule has 5 heteroatoms. The van der Waals surface area contributed by atoms with Gasteiger partial charge in [0.2, 0.25) is 0 Å². The van der Waals surface area contributed by atoms with Crippen LogP contribution in [0.5, 0.6) is 0 Å². The number of para-hydroxylation sites is 1. The summed E-state index contributed by atoms with van der Waals surface area (Å²) in [6.07, 6.45) is 1.75. The molecule has 0 saturated carbocycles. The van der Waals surface area contributed by atoms with Gasteiger partial charge in [0.15, 0.2) is 0 Å². The summed E-state index contributed by atoms with van der Waals surface area (Å²) in [7, 11) is 0. The van der Waals surface area contributed by atoms with Crippen molar-refractivity contribution in [1.29, 1.82) is 0 Å². The maximum atomic E-state index is 11.8. The highest BCUT2D eigenvalue weighted by Gasteiger charge is 2.07. The number of pyridine rings is 2. The number of anilines is 1. The minimum Gasteiger partial charge on any atom is -0.311 e. The zero-order valence-corrected chi connectivity index (χ0v) is 10.8. The Morgan fingerprint density at radius 1 is 1.15 bits per heavy atom. The molecule has 0 spiro atoms. The Kier molecular flexibility index (Phi) is 3.18. The average molecular weight is 266 g/mol. The fourth-order valence-electron chi connectivity index (χ4n) is 2.18. The van der Waals surface area contributed by atoms with Crippen molar-refractivity contribution in [1.82, 2.24) is 9.55 Å². The maximum Gasteiger partial charge on any atom is 0.250 e. The first kappa shape index (κ1) is 12.4. The smallest absolute Gasteiger partial charge is 0.250 e. The summed E-state index contributed by atoms with van der Waals surface area (Å²) >= 11 is 0. The number of nitrogens with one attached hydrogen (secondary N) is 1. The largest absolute Gasteiger partial charge is 0.311 e. The van der Waals surface area contributed by atoms with Crippen LogP contribution in [0.25, 0.3) is 10.9 Å². The van der Waals surface area contributed by atoms with E-state index in [-0.39, 0.29) is 5.56 Å². The molecule has 3 rings (SSSR count). The van der Waals surface area contributed by atoms with Crippen LogP contribution in [0.2, 0.25) is 0 Å². The van der Waals surface area contributed by atoms with Gasteiger partial charge in [-0.2, -0.15) is 0 Å². The van der Waals surface area contributed by atoms with Crippen LogP contribution < -0.4 is 16.8 Å². The van der Waals surface area contributed by atoms with Crippen LogP contribution in [-0.4, -0.2) is 9.55 Å². The molecule has 20 heavy (non-hydrogen) atoms. The molecule has 0 fully saturated rings. The quantitative estimate of drug-likeness (QED) is 0.559. The molecule has 0 radical (unpaired) electrons. The zero-order chi connectivity index (χ0) is 13.9. The molecular formula is C15H14N4O. The SMILES string of the molecule is NNc1nc2ccccc2cc1Cn1ccccc1=O. The molecule has 0 bridgehead atoms. The van der Waals surface area contributed by atoms with E-state index in [2.05, 4.69) is 10.4 Å². The molecule has 3 N–H and O–H groups in total. The molecule has 0 atom stereocenters. The van der Waals surface area contributed by atoms with E-state index < -0.39 is 0 Å². The van der Waals surface area contributed by atoms with E-state index in [1.165, 1.54) is 6.07 Å². The molecular weight excluding hydrogens is 252 g/mol. The number of hydrogen-bond acceptors (Lipinski definition) is 4. The van der Waals surface area contributed by atoms with Gasteiger partial charge in [-0.3, -0.25) is 4.79 Å². The molecule has 0 aliphatic carbocycles.